The maximum absolute atomic E-state index is 12.6. The van der Waals surface area contributed by atoms with Crippen molar-refractivity contribution in [3.05, 3.63) is 0 Å². The van der Waals surface area contributed by atoms with Crippen LogP contribution in [0.1, 0.15) is 25.7 Å². The predicted octanol–water partition coefficient (Wildman–Crippen LogP) is -1.14. The highest BCUT2D eigenvalue weighted by Gasteiger charge is 2.29. The number of nitrogens with one attached hydrogen (secondary N) is 3. The minimum Gasteiger partial charge on any atom is -0.481 e. The molecular formula is C17H30N4O7S2. The van der Waals surface area contributed by atoms with E-state index in [0.717, 1.165) is 0 Å². The Morgan fingerprint density at radius 2 is 1.27 bits per heavy atom. The maximum Gasteiger partial charge on any atom is 0.326 e. The minimum atomic E-state index is -1.27. The molecule has 0 fully saturated rings. The molecule has 0 bridgehead atoms. The van der Waals surface area contributed by atoms with Crippen molar-refractivity contribution in [3.8, 4) is 0 Å². The highest BCUT2D eigenvalue weighted by atomic mass is 32.2. The molecule has 0 aliphatic rings. The molecule has 0 heterocycles. The normalized spacial score (nSPS) is 13.6. The molecule has 3 unspecified atom stereocenters. The fourth-order valence-electron chi connectivity index (χ4n) is 2.33. The average Bonchev–Trinajstić information content (AvgIpc) is 2.70. The van der Waals surface area contributed by atoms with Gasteiger partial charge in [-0.2, -0.15) is 23.5 Å². The maximum atomic E-state index is 12.6. The second kappa shape index (κ2) is 15.8. The first-order chi connectivity index (χ1) is 14.2. The largest absolute Gasteiger partial charge is 0.481 e. The molecule has 0 aromatic carbocycles. The van der Waals surface area contributed by atoms with Gasteiger partial charge in [-0.1, -0.05) is 0 Å². The number of carboxylic acid groups (broad SMARTS) is 2. The third kappa shape index (κ3) is 11.9. The molecule has 0 radical (unpaired) electrons. The van der Waals surface area contributed by atoms with E-state index in [2.05, 4.69) is 16.0 Å². The molecule has 0 aromatic rings. The molecule has 0 saturated heterocycles. The summed E-state index contributed by atoms with van der Waals surface area (Å²) in [5.41, 5.74) is 5.27. The van der Waals surface area contributed by atoms with Crippen LogP contribution >= 0.6 is 23.5 Å². The Labute approximate surface area is 183 Å². The third-order valence-corrected chi connectivity index (χ3v) is 5.24. The summed E-state index contributed by atoms with van der Waals surface area (Å²) in [6.07, 6.45) is 3.42. The molecule has 11 nitrogen and oxygen atoms in total. The Bertz CT molecular complexity index is 607. The zero-order valence-electron chi connectivity index (χ0n) is 17.0. The van der Waals surface area contributed by atoms with Gasteiger partial charge in [0.1, 0.15) is 18.1 Å². The van der Waals surface area contributed by atoms with E-state index < -0.39 is 54.2 Å². The number of nitrogens with two attached hydrogens (primary N) is 1. The van der Waals surface area contributed by atoms with Crippen LogP contribution in [-0.2, 0) is 24.0 Å². The van der Waals surface area contributed by atoms with Crippen molar-refractivity contribution in [1.29, 1.82) is 0 Å². The predicted molar refractivity (Wildman–Crippen MR) is 115 cm³/mol. The van der Waals surface area contributed by atoms with Crippen LogP contribution in [-0.4, -0.2) is 88.6 Å². The van der Waals surface area contributed by atoms with Crippen molar-refractivity contribution in [2.75, 3.05) is 30.6 Å². The number of hydrogen-bond acceptors (Lipinski definition) is 8. The number of thioether (sulfide) groups is 2. The number of carbonyl (C=O) groups excluding carboxylic acids is 3. The first-order valence-corrected chi connectivity index (χ1v) is 12.0. The van der Waals surface area contributed by atoms with Gasteiger partial charge in [0.05, 0.1) is 6.54 Å². The van der Waals surface area contributed by atoms with Gasteiger partial charge in [0.25, 0.3) is 0 Å². The van der Waals surface area contributed by atoms with E-state index >= 15 is 0 Å². The van der Waals surface area contributed by atoms with Gasteiger partial charge in [-0.3, -0.25) is 19.2 Å². The summed E-state index contributed by atoms with van der Waals surface area (Å²) in [6.45, 7) is -0.318. The number of hydrogen-bond donors (Lipinski definition) is 6. The highest BCUT2D eigenvalue weighted by molar-refractivity contribution is 7.98. The molecule has 13 heteroatoms. The lowest BCUT2D eigenvalue weighted by molar-refractivity contribution is -0.143. The molecule has 3 amide bonds. The summed E-state index contributed by atoms with van der Waals surface area (Å²) < 4.78 is 0. The molecule has 172 valence electrons. The van der Waals surface area contributed by atoms with Crippen molar-refractivity contribution in [2.45, 2.75) is 43.8 Å². The second-order valence-corrected chi connectivity index (χ2v) is 8.25. The van der Waals surface area contributed by atoms with Crippen LogP contribution in [0.15, 0.2) is 0 Å². The van der Waals surface area contributed by atoms with Crippen molar-refractivity contribution >= 4 is 53.2 Å². The lowest BCUT2D eigenvalue weighted by Gasteiger charge is -2.24. The van der Waals surface area contributed by atoms with Gasteiger partial charge in [-0.15, -0.1) is 0 Å². The Hall–Kier alpha value is -1.99. The van der Waals surface area contributed by atoms with E-state index in [-0.39, 0.29) is 25.8 Å². The highest BCUT2D eigenvalue weighted by Crippen LogP contribution is 2.06. The molecule has 30 heavy (non-hydrogen) atoms. The zero-order chi connectivity index (χ0) is 23.1. The van der Waals surface area contributed by atoms with Crippen molar-refractivity contribution in [1.82, 2.24) is 16.0 Å². The molecule has 7 N–H and O–H groups in total. The molecule has 3 atom stereocenters. The zero-order valence-corrected chi connectivity index (χ0v) is 18.6. The van der Waals surface area contributed by atoms with Gasteiger partial charge in [0, 0.05) is 6.42 Å². The SMILES string of the molecule is CSCCC(NC(=O)C(CCC(=O)O)NC(=O)C(CCSC)NC(=O)CN)C(=O)O. The summed E-state index contributed by atoms with van der Waals surface area (Å²) in [5.74, 6) is -3.39. The van der Waals surface area contributed by atoms with Crippen LogP contribution in [0.25, 0.3) is 0 Å². The van der Waals surface area contributed by atoms with Gasteiger partial charge in [0.15, 0.2) is 0 Å². The van der Waals surface area contributed by atoms with Gasteiger partial charge < -0.3 is 31.9 Å². The average molecular weight is 467 g/mol. The quantitative estimate of drug-likeness (QED) is 0.162. The number of amides is 3. The summed E-state index contributed by atoms with van der Waals surface area (Å²) in [4.78, 5) is 59.1. The molecule has 0 saturated carbocycles. The van der Waals surface area contributed by atoms with Crippen LogP contribution in [0.3, 0.4) is 0 Å². The van der Waals surface area contributed by atoms with E-state index in [1.165, 1.54) is 23.5 Å². The van der Waals surface area contributed by atoms with E-state index in [4.69, 9.17) is 10.8 Å². The summed E-state index contributed by atoms with van der Waals surface area (Å²) in [7, 11) is 0. The lowest BCUT2D eigenvalue weighted by Crippen LogP contribution is -2.56. The van der Waals surface area contributed by atoms with Crippen LogP contribution < -0.4 is 21.7 Å². The summed E-state index contributed by atoms with van der Waals surface area (Å²) in [6, 6.07) is -3.39. The molecule has 0 aromatic heterocycles. The second-order valence-electron chi connectivity index (χ2n) is 6.28. The molecule has 0 aliphatic heterocycles. The van der Waals surface area contributed by atoms with Gasteiger partial charge in [0.2, 0.25) is 17.7 Å². The molecule has 0 rings (SSSR count). The van der Waals surface area contributed by atoms with Crippen molar-refractivity contribution < 1.29 is 34.2 Å². The summed E-state index contributed by atoms with van der Waals surface area (Å²) >= 11 is 2.87. The van der Waals surface area contributed by atoms with Crippen LogP contribution in [0.5, 0.6) is 0 Å². The lowest BCUT2D eigenvalue weighted by atomic mass is 10.1. The van der Waals surface area contributed by atoms with E-state index in [9.17, 15) is 29.1 Å². The Morgan fingerprint density at radius 1 is 0.800 bits per heavy atom. The van der Waals surface area contributed by atoms with Crippen LogP contribution in [0.4, 0.5) is 0 Å². The standard InChI is InChI=1S/C17H30N4O7S2/c1-29-7-5-11(19-13(22)9-18)16(26)20-10(3-4-14(23)24)15(25)21-12(17(27)28)6-8-30-2/h10-12H,3-9,18H2,1-2H3,(H,19,22)(H,20,26)(H,21,25)(H,23,24)(H,27,28). The van der Waals surface area contributed by atoms with E-state index in [1.54, 1.807) is 6.26 Å². The Kier molecular flexibility index (Phi) is 14.7. The molecule has 0 spiro atoms. The summed E-state index contributed by atoms with van der Waals surface area (Å²) in [5, 5.41) is 25.4. The molecular weight excluding hydrogens is 436 g/mol. The Balaban J connectivity index is 5.32. The first-order valence-electron chi connectivity index (χ1n) is 9.18. The van der Waals surface area contributed by atoms with Gasteiger partial charge in [-0.25, -0.2) is 4.79 Å². The number of aliphatic carboxylic acids is 2. The van der Waals surface area contributed by atoms with Gasteiger partial charge >= 0.3 is 11.9 Å². The number of carbonyl (C=O) groups is 5. The monoisotopic (exact) mass is 466 g/mol. The Morgan fingerprint density at radius 3 is 1.70 bits per heavy atom. The van der Waals surface area contributed by atoms with E-state index in [0.29, 0.717) is 11.5 Å². The number of carboxylic acids is 2. The smallest absolute Gasteiger partial charge is 0.326 e. The first kappa shape index (κ1) is 28.0. The fraction of sp³-hybridized carbons (Fsp3) is 0.706. The topological polar surface area (TPSA) is 188 Å². The number of rotatable bonds is 16. The minimum absolute atomic E-state index is 0.171. The van der Waals surface area contributed by atoms with Crippen LogP contribution in [0, 0.1) is 0 Å². The van der Waals surface area contributed by atoms with Crippen LogP contribution in [0.2, 0.25) is 0 Å². The van der Waals surface area contributed by atoms with E-state index in [1.807, 2.05) is 6.26 Å². The third-order valence-electron chi connectivity index (χ3n) is 3.95. The van der Waals surface area contributed by atoms with Gasteiger partial charge in [-0.05, 0) is 43.3 Å². The van der Waals surface area contributed by atoms with Crippen molar-refractivity contribution in [2.24, 2.45) is 5.73 Å². The fourth-order valence-corrected chi connectivity index (χ4v) is 3.27. The van der Waals surface area contributed by atoms with Crippen molar-refractivity contribution in [3.63, 3.8) is 0 Å². The molecule has 0 aliphatic carbocycles.